The quantitative estimate of drug-likeness (QED) is 0.553. The van der Waals surface area contributed by atoms with Gasteiger partial charge in [0.1, 0.15) is 0 Å². The Bertz CT molecular complexity index is 332. The van der Waals surface area contributed by atoms with Gasteiger partial charge in [0.15, 0.2) is 0 Å². The van der Waals surface area contributed by atoms with Gasteiger partial charge in [-0.1, -0.05) is 44.3 Å². The molecule has 2 saturated carbocycles. The number of carbonyl (C=O) groups excluding carboxylic acids is 1. The Hall–Kier alpha value is -0.790. The third-order valence-electron chi connectivity index (χ3n) is 4.82. The van der Waals surface area contributed by atoms with Crippen LogP contribution in [0.25, 0.3) is 0 Å². The van der Waals surface area contributed by atoms with Crippen molar-refractivity contribution in [2.45, 2.75) is 64.7 Å². The highest BCUT2D eigenvalue weighted by molar-refractivity contribution is 5.78. The third-order valence-corrected chi connectivity index (χ3v) is 4.82. The highest BCUT2D eigenvalue weighted by atomic mass is 16.5. The second-order valence-corrected chi connectivity index (χ2v) is 5.98. The topological polar surface area (TPSA) is 26.3 Å². The Morgan fingerprint density at radius 3 is 3.00 bits per heavy atom. The number of fused-ring (bicyclic) bond motifs is 1. The SMILES string of the molecule is CCC/C=C1\C[C@H]2CCCCC[C@]2(C(=O)OC)C1. The van der Waals surface area contributed by atoms with Gasteiger partial charge in [0.05, 0.1) is 12.5 Å². The third kappa shape index (κ3) is 2.48. The van der Waals surface area contributed by atoms with Crippen LogP contribution in [-0.2, 0) is 9.53 Å². The van der Waals surface area contributed by atoms with E-state index in [-0.39, 0.29) is 11.4 Å². The molecule has 2 rings (SSSR count). The van der Waals surface area contributed by atoms with E-state index in [1.54, 1.807) is 7.11 Å². The van der Waals surface area contributed by atoms with Crippen molar-refractivity contribution >= 4 is 5.97 Å². The largest absolute Gasteiger partial charge is 0.469 e. The van der Waals surface area contributed by atoms with Gasteiger partial charge >= 0.3 is 5.97 Å². The molecule has 0 bridgehead atoms. The molecule has 0 spiro atoms. The van der Waals surface area contributed by atoms with Crippen molar-refractivity contribution in [3.63, 3.8) is 0 Å². The number of carbonyl (C=O) groups is 1. The predicted octanol–water partition coefficient (Wildman–Crippen LogP) is 4.25. The van der Waals surface area contributed by atoms with Gasteiger partial charge in [-0.2, -0.15) is 0 Å². The van der Waals surface area contributed by atoms with Crippen LogP contribution in [-0.4, -0.2) is 13.1 Å². The first-order chi connectivity index (χ1) is 8.73. The zero-order valence-electron chi connectivity index (χ0n) is 11.8. The fraction of sp³-hybridized carbons (Fsp3) is 0.812. The summed E-state index contributed by atoms with van der Waals surface area (Å²) in [4.78, 5) is 12.3. The van der Waals surface area contributed by atoms with Crippen LogP contribution in [0.15, 0.2) is 11.6 Å². The molecule has 0 amide bonds. The monoisotopic (exact) mass is 250 g/mol. The molecule has 2 heteroatoms. The number of esters is 1. The molecule has 0 heterocycles. The van der Waals surface area contributed by atoms with Crippen molar-refractivity contribution in [2.75, 3.05) is 7.11 Å². The Morgan fingerprint density at radius 1 is 1.44 bits per heavy atom. The van der Waals surface area contributed by atoms with Crippen molar-refractivity contribution in [3.05, 3.63) is 11.6 Å². The molecule has 18 heavy (non-hydrogen) atoms. The van der Waals surface area contributed by atoms with Gasteiger partial charge in [0.25, 0.3) is 0 Å². The maximum Gasteiger partial charge on any atom is 0.312 e. The molecule has 0 aliphatic heterocycles. The molecule has 0 aromatic carbocycles. The summed E-state index contributed by atoms with van der Waals surface area (Å²) in [5, 5.41) is 0. The van der Waals surface area contributed by atoms with Crippen molar-refractivity contribution in [1.29, 1.82) is 0 Å². The van der Waals surface area contributed by atoms with Crippen LogP contribution in [0, 0.1) is 11.3 Å². The second-order valence-electron chi connectivity index (χ2n) is 5.98. The number of unbranched alkanes of at least 4 members (excludes halogenated alkanes) is 1. The molecule has 2 atom stereocenters. The smallest absolute Gasteiger partial charge is 0.312 e. The summed E-state index contributed by atoms with van der Waals surface area (Å²) in [5.41, 5.74) is 1.33. The van der Waals surface area contributed by atoms with Crippen LogP contribution < -0.4 is 0 Å². The molecule has 0 aromatic heterocycles. The van der Waals surface area contributed by atoms with Crippen molar-refractivity contribution in [3.8, 4) is 0 Å². The molecule has 2 fully saturated rings. The first-order valence-electron chi connectivity index (χ1n) is 7.49. The van der Waals surface area contributed by atoms with Crippen molar-refractivity contribution < 1.29 is 9.53 Å². The number of ether oxygens (including phenoxy) is 1. The summed E-state index contributed by atoms with van der Waals surface area (Å²) < 4.78 is 5.14. The van der Waals surface area contributed by atoms with E-state index in [0.717, 1.165) is 25.7 Å². The zero-order valence-corrected chi connectivity index (χ0v) is 11.8. The fourth-order valence-corrected chi connectivity index (χ4v) is 3.86. The van der Waals surface area contributed by atoms with Crippen molar-refractivity contribution in [2.24, 2.45) is 11.3 Å². The molecule has 0 unspecified atom stereocenters. The van der Waals surface area contributed by atoms with Gasteiger partial charge in [-0.3, -0.25) is 4.79 Å². The first-order valence-corrected chi connectivity index (χ1v) is 7.49. The summed E-state index contributed by atoms with van der Waals surface area (Å²) in [7, 11) is 1.55. The number of allylic oxidation sites excluding steroid dienone is 2. The summed E-state index contributed by atoms with van der Waals surface area (Å²) in [5.74, 6) is 0.588. The summed E-state index contributed by atoms with van der Waals surface area (Å²) in [6.45, 7) is 2.21. The Morgan fingerprint density at radius 2 is 2.28 bits per heavy atom. The molecule has 102 valence electrons. The summed E-state index contributed by atoms with van der Waals surface area (Å²) in [6, 6.07) is 0. The van der Waals surface area contributed by atoms with E-state index in [4.69, 9.17) is 4.74 Å². The Kier molecular flexibility index (Phi) is 4.47. The highest BCUT2D eigenvalue weighted by Gasteiger charge is 2.51. The van der Waals surface area contributed by atoms with E-state index in [9.17, 15) is 4.79 Å². The average molecular weight is 250 g/mol. The Balaban J connectivity index is 2.21. The second kappa shape index (κ2) is 5.90. The maximum absolute atomic E-state index is 12.3. The van der Waals surface area contributed by atoms with Crippen LogP contribution in [0.1, 0.15) is 64.7 Å². The van der Waals surface area contributed by atoms with E-state index in [0.29, 0.717) is 5.92 Å². The maximum atomic E-state index is 12.3. The first kappa shape index (κ1) is 13.6. The number of hydrogen-bond donors (Lipinski definition) is 0. The van der Waals surface area contributed by atoms with E-state index in [1.165, 1.54) is 37.7 Å². The number of hydrogen-bond acceptors (Lipinski definition) is 2. The minimum absolute atomic E-state index is 0.0503. The summed E-state index contributed by atoms with van der Waals surface area (Å²) in [6.07, 6.45) is 12.8. The average Bonchev–Trinajstić information content (AvgIpc) is 2.63. The molecule has 0 N–H and O–H groups in total. The van der Waals surface area contributed by atoms with Gasteiger partial charge in [-0.05, 0) is 38.0 Å². The van der Waals surface area contributed by atoms with E-state index in [2.05, 4.69) is 13.0 Å². The minimum Gasteiger partial charge on any atom is -0.469 e. The van der Waals surface area contributed by atoms with Gasteiger partial charge in [0, 0.05) is 0 Å². The lowest BCUT2D eigenvalue weighted by Gasteiger charge is -2.30. The van der Waals surface area contributed by atoms with Gasteiger partial charge in [0.2, 0.25) is 0 Å². The molecule has 2 aliphatic rings. The van der Waals surface area contributed by atoms with Crippen molar-refractivity contribution in [1.82, 2.24) is 0 Å². The molecule has 0 radical (unpaired) electrons. The van der Waals surface area contributed by atoms with Crippen LogP contribution >= 0.6 is 0 Å². The number of rotatable bonds is 3. The lowest BCUT2D eigenvalue weighted by Crippen LogP contribution is -2.35. The standard InChI is InChI=1S/C16H26O2/c1-3-4-8-13-11-14-9-6-5-7-10-16(14,12-13)15(17)18-2/h8,14H,3-7,9-12H2,1-2H3/b13-8+/t14-,16+/m1/s1. The van der Waals surface area contributed by atoms with Gasteiger partial charge < -0.3 is 4.74 Å². The predicted molar refractivity (Wildman–Crippen MR) is 73.2 cm³/mol. The normalized spacial score (nSPS) is 34.1. The van der Waals surface area contributed by atoms with E-state index >= 15 is 0 Å². The molecular formula is C16H26O2. The highest BCUT2D eigenvalue weighted by Crippen LogP contribution is 2.54. The zero-order chi connectivity index (χ0) is 13.0. The van der Waals surface area contributed by atoms with Crippen LogP contribution in [0.2, 0.25) is 0 Å². The minimum atomic E-state index is -0.176. The van der Waals surface area contributed by atoms with Crippen LogP contribution in [0.3, 0.4) is 0 Å². The lowest BCUT2D eigenvalue weighted by molar-refractivity contribution is -0.155. The molecule has 0 aromatic rings. The van der Waals surface area contributed by atoms with E-state index < -0.39 is 0 Å². The van der Waals surface area contributed by atoms with E-state index in [1.807, 2.05) is 0 Å². The fourth-order valence-electron chi connectivity index (χ4n) is 3.86. The lowest BCUT2D eigenvalue weighted by atomic mass is 9.74. The molecule has 0 saturated heterocycles. The summed E-state index contributed by atoms with van der Waals surface area (Å²) >= 11 is 0. The molecule has 2 nitrogen and oxygen atoms in total. The molecular weight excluding hydrogens is 224 g/mol. The van der Waals surface area contributed by atoms with Gasteiger partial charge in [-0.25, -0.2) is 0 Å². The van der Waals surface area contributed by atoms with Crippen LogP contribution in [0.5, 0.6) is 0 Å². The van der Waals surface area contributed by atoms with Gasteiger partial charge in [-0.15, -0.1) is 0 Å². The van der Waals surface area contributed by atoms with Crippen LogP contribution in [0.4, 0.5) is 0 Å². The Labute approximate surface area is 111 Å². The molecule has 2 aliphatic carbocycles. The number of methoxy groups -OCH3 is 1.